The van der Waals surface area contributed by atoms with E-state index in [2.05, 4.69) is 87.5 Å². The number of rotatable bonds is 9. The van der Waals surface area contributed by atoms with Gasteiger partial charge < -0.3 is 4.74 Å². The summed E-state index contributed by atoms with van der Waals surface area (Å²) in [4.78, 5) is 5.12. The van der Waals surface area contributed by atoms with Crippen LogP contribution in [0.2, 0.25) is 31.2 Å². The third kappa shape index (κ3) is 6.70. The van der Waals surface area contributed by atoms with Gasteiger partial charge >= 0.3 is 0 Å². The third-order valence-corrected chi connectivity index (χ3v) is 16.6. The molecule has 0 fully saturated rings. The summed E-state index contributed by atoms with van der Waals surface area (Å²) >= 11 is 26.8. The largest absolute Gasteiger partial charge is 0.472 e. The van der Waals surface area contributed by atoms with Crippen molar-refractivity contribution in [3.8, 4) is 17.0 Å². The minimum absolute atomic E-state index is 0.0278. The molecular formula is C40H35Cl4NOSi. The van der Waals surface area contributed by atoms with Gasteiger partial charge in [0.05, 0.1) is 5.52 Å². The Hall–Kier alpha value is -3.31. The van der Waals surface area contributed by atoms with E-state index in [0.29, 0.717) is 38.0 Å². The molecule has 1 heterocycles. The lowest BCUT2D eigenvalue weighted by molar-refractivity contribution is 0.292. The van der Waals surface area contributed by atoms with Crippen molar-refractivity contribution < 1.29 is 4.74 Å². The average Bonchev–Trinajstić information content (AvgIpc) is 3.05. The molecule has 0 radical (unpaired) electrons. The van der Waals surface area contributed by atoms with Crippen molar-refractivity contribution in [1.29, 1.82) is 0 Å². The third-order valence-electron chi connectivity index (χ3n) is 9.13. The molecule has 0 saturated heterocycles. The Morgan fingerprint density at radius 3 is 1.81 bits per heavy atom. The molecule has 0 aliphatic rings. The van der Waals surface area contributed by atoms with Gasteiger partial charge in [-0.1, -0.05) is 162 Å². The number of fused-ring (bicyclic) bond motifs is 1. The van der Waals surface area contributed by atoms with E-state index in [1.807, 2.05) is 54.6 Å². The summed E-state index contributed by atoms with van der Waals surface area (Å²) in [6, 6.07) is 42.1. The fourth-order valence-corrected chi connectivity index (χ4v) is 13.3. The number of hydrogen-bond acceptors (Lipinski definition) is 2. The highest BCUT2D eigenvalue weighted by atomic mass is 35.5. The van der Waals surface area contributed by atoms with Gasteiger partial charge in [0.1, 0.15) is 14.7 Å². The lowest BCUT2D eigenvalue weighted by Crippen LogP contribution is -2.64. The van der Waals surface area contributed by atoms with Crippen molar-refractivity contribution >= 4 is 75.8 Å². The first-order valence-electron chi connectivity index (χ1n) is 15.6. The first-order chi connectivity index (χ1) is 22.6. The van der Waals surface area contributed by atoms with E-state index in [4.69, 9.17) is 56.1 Å². The highest BCUT2D eigenvalue weighted by Gasteiger charge is 2.47. The number of pyridine rings is 1. The van der Waals surface area contributed by atoms with Crippen LogP contribution in [-0.4, -0.2) is 13.1 Å². The van der Waals surface area contributed by atoms with Crippen molar-refractivity contribution in [3.05, 3.63) is 153 Å². The van der Waals surface area contributed by atoms with Gasteiger partial charge in [-0.15, -0.1) is 0 Å². The Morgan fingerprint density at radius 1 is 0.638 bits per heavy atom. The van der Waals surface area contributed by atoms with Crippen LogP contribution in [0.3, 0.4) is 0 Å². The Balaban J connectivity index is 1.60. The fourth-order valence-electron chi connectivity index (χ4n) is 6.84. The van der Waals surface area contributed by atoms with Gasteiger partial charge in [-0.05, 0) is 53.9 Å². The molecule has 238 valence electrons. The van der Waals surface area contributed by atoms with Crippen LogP contribution in [0.1, 0.15) is 31.9 Å². The van der Waals surface area contributed by atoms with Crippen LogP contribution >= 0.6 is 46.4 Å². The maximum absolute atomic E-state index is 6.97. The zero-order valence-corrected chi connectivity index (χ0v) is 30.6. The van der Waals surface area contributed by atoms with Crippen LogP contribution in [0, 0.1) is 0 Å². The summed E-state index contributed by atoms with van der Waals surface area (Å²) < 4.78 is 6.65. The number of hydrogen-bond donors (Lipinski definition) is 0. The topological polar surface area (TPSA) is 22.1 Å². The van der Waals surface area contributed by atoms with E-state index in [-0.39, 0.29) is 11.6 Å². The molecule has 0 atom stereocenters. The first kappa shape index (κ1) is 33.6. The minimum atomic E-state index is -2.46. The van der Waals surface area contributed by atoms with Gasteiger partial charge in [-0.3, -0.25) is 0 Å². The fraction of sp³-hybridized carbons (Fsp3) is 0.175. The second-order valence-electron chi connectivity index (χ2n) is 12.8. The molecule has 47 heavy (non-hydrogen) atoms. The normalized spacial score (nSPS) is 12.0. The summed E-state index contributed by atoms with van der Waals surface area (Å²) in [7, 11) is -2.46. The van der Waals surface area contributed by atoms with Crippen LogP contribution in [0.15, 0.2) is 121 Å². The van der Waals surface area contributed by atoms with E-state index >= 15 is 0 Å². The second kappa shape index (κ2) is 14.0. The van der Waals surface area contributed by atoms with Crippen molar-refractivity contribution in [2.75, 3.05) is 0 Å². The molecular weight excluding hydrogens is 680 g/mol. The molecule has 0 bridgehead atoms. The monoisotopic (exact) mass is 713 g/mol. The van der Waals surface area contributed by atoms with Crippen molar-refractivity contribution in [2.24, 2.45) is 0 Å². The Morgan fingerprint density at radius 2 is 1.21 bits per heavy atom. The molecule has 2 nitrogen and oxygen atoms in total. The average molecular weight is 716 g/mol. The molecule has 6 aromatic rings. The van der Waals surface area contributed by atoms with Crippen LogP contribution in [0.25, 0.3) is 22.0 Å². The van der Waals surface area contributed by atoms with Crippen LogP contribution in [-0.2, 0) is 13.0 Å². The molecule has 0 aliphatic heterocycles. The lowest BCUT2D eigenvalue weighted by atomic mass is 9.94. The first-order valence-corrected chi connectivity index (χ1v) is 19.4. The van der Waals surface area contributed by atoms with Crippen molar-refractivity contribution in [3.63, 3.8) is 0 Å². The van der Waals surface area contributed by atoms with Gasteiger partial charge in [-0.2, -0.15) is 0 Å². The number of halogens is 4. The van der Waals surface area contributed by atoms with Gasteiger partial charge in [0.25, 0.3) is 0 Å². The highest BCUT2D eigenvalue weighted by Crippen LogP contribution is 2.44. The van der Waals surface area contributed by atoms with Gasteiger partial charge in [-0.25, -0.2) is 4.98 Å². The predicted molar refractivity (Wildman–Crippen MR) is 204 cm³/mol. The van der Waals surface area contributed by atoms with Crippen molar-refractivity contribution in [2.45, 2.75) is 44.9 Å². The van der Waals surface area contributed by atoms with Crippen molar-refractivity contribution in [1.82, 2.24) is 4.98 Å². The summed E-state index contributed by atoms with van der Waals surface area (Å²) in [6.45, 7) is 7.30. The number of ether oxygens (including phenoxy) is 1. The van der Waals surface area contributed by atoms with E-state index in [9.17, 15) is 0 Å². The summed E-state index contributed by atoms with van der Waals surface area (Å²) in [5.41, 5.74) is 4.33. The molecule has 5 aromatic carbocycles. The molecule has 0 unspecified atom stereocenters. The minimum Gasteiger partial charge on any atom is -0.472 e. The SMILES string of the molecule is CC(C)(C)[Si](CCc1c(OCc2c(Cl)cccc2Cl)nc2ccc(Cl)cc2c1-c1ccccc1Cl)(c1ccccc1)c1ccccc1. The van der Waals surface area contributed by atoms with Crippen LogP contribution in [0.5, 0.6) is 5.88 Å². The lowest BCUT2D eigenvalue weighted by Gasteiger charge is -2.44. The van der Waals surface area contributed by atoms with Gasteiger partial charge in [0.15, 0.2) is 0 Å². The summed E-state index contributed by atoms with van der Waals surface area (Å²) in [6.07, 6.45) is 0.689. The molecule has 0 N–H and O–H groups in total. The van der Waals surface area contributed by atoms with E-state index in [1.54, 1.807) is 0 Å². The summed E-state index contributed by atoms with van der Waals surface area (Å²) in [5.74, 6) is 0.531. The number of aromatic nitrogens is 1. The van der Waals surface area contributed by atoms with Gasteiger partial charge in [0, 0.05) is 47.7 Å². The molecule has 0 saturated carbocycles. The molecule has 0 amide bonds. The second-order valence-corrected chi connectivity index (χ2v) is 19.4. The number of benzene rings is 5. The summed E-state index contributed by atoms with van der Waals surface area (Å²) in [5, 5.41) is 6.04. The van der Waals surface area contributed by atoms with E-state index in [0.717, 1.165) is 33.6 Å². The van der Waals surface area contributed by atoms with E-state index in [1.165, 1.54) is 10.4 Å². The maximum Gasteiger partial charge on any atom is 0.218 e. The zero-order chi connectivity index (χ0) is 33.2. The predicted octanol–water partition coefficient (Wildman–Crippen LogP) is 11.7. The molecule has 0 aliphatic carbocycles. The Labute approximate surface area is 298 Å². The molecule has 1 aromatic heterocycles. The zero-order valence-electron chi connectivity index (χ0n) is 26.5. The molecule has 7 heteroatoms. The molecule has 0 spiro atoms. The number of nitrogens with zero attached hydrogens (tertiary/aromatic N) is 1. The Bertz CT molecular complexity index is 1970. The van der Waals surface area contributed by atoms with Crippen LogP contribution < -0.4 is 15.1 Å². The smallest absolute Gasteiger partial charge is 0.218 e. The Kier molecular flexibility index (Phi) is 10.0. The van der Waals surface area contributed by atoms with Gasteiger partial charge in [0.2, 0.25) is 5.88 Å². The van der Waals surface area contributed by atoms with E-state index < -0.39 is 8.07 Å². The molecule has 6 rings (SSSR count). The standard InChI is InChI=1S/C40H35Cl4NOSi/c1-40(2,3)47(28-13-6-4-7-14-28,29-15-8-5-9-16-29)24-23-31-38(30-17-10-11-18-34(30)42)32-25-27(41)21-22-37(32)45-39(31)46-26-33-35(43)19-12-20-36(33)44/h4-22,25H,23-24,26H2,1-3H3. The van der Waals surface area contributed by atoms with Crippen LogP contribution in [0.4, 0.5) is 0 Å². The maximum atomic E-state index is 6.97. The highest BCUT2D eigenvalue weighted by molar-refractivity contribution is 7.04. The quantitative estimate of drug-likeness (QED) is 0.139.